The maximum atomic E-state index is 9.96. The highest BCUT2D eigenvalue weighted by atomic mass is 35.5. The second kappa shape index (κ2) is 7.01. The van der Waals surface area contributed by atoms with Crippen LogP contribution in [0.4, 0.5) is 5.69 Å². The Morgan fingerprint density at radius 1 is 1.16 bits per heavy atom. The molecule has 0 aromatic heterocycles. The number of nitrogens with one attached hydrogen (secondary N) is 1. The second-order valence-corrected chi connectivity index (χ2v) is 8.19. The lowest BCUT2D eigenvalue weighted by molar-refractivity contribution is 0.155. The SMILES string of the molecule is OC1CCN(C2Cc3c(Cl)cc(Cl)cc3C2Nc2ccc(S)cc2)C1. The number of hydrogen-bond donors (Lipinski definition) is 3. The molecule has 0 bridgehead atoms. The standard InChI is InChI=1S/C19H20Cl2N2OS/c20-11-7-16-15(17(21)8-11)9-18(23-6-5-13(24)10-23)19(16)22-12-1-3-14(25)4-2-12/h1-4,7-8,13,18-19,22,24-25H,5-6,9-10H2. The Balaban J connectivity index is 1.69. The van der Waals surface area contributed by atoms with Crippen molar-refractivity contribution >= 4 is 41.5 Å². The van der Waals surface area contributed by atoms with Crippen molar-refractivity contribution in [2.45, 2.75) is 35.9 Å². The summed E-state index contributed by atoms with van der Waals surface area (Å²) in [6.07, 6.45) is 1.44. The van der Waals surface area contributed by atoms with Crippen molar-refractivity contribution in [3.63, 3.8) is 0 Å². The highest BCUT2D eigenvalue weighted by molar-refractivity contribution is 7.80. The Morgan fingerprint density at radius 3 is 2.60 bits per heavy atom. The van der Waals surface area contributed by atoms with Crippen molar-refractivity contribution in [2.24, 2.45) is 0 Å². The van der Waals surface area contributed by atoms with Gasteiger partial charge in [0, 0.05) is 39.8 Å². The molecule has 0 amide bonds. The first kappa shape index (κ1) is 17.5. The molecule has 2 aromatic rings. The van der Waals surface area contributed by atoms with E-state index >= 15 is 0 Å². The number of fused-ring (bicyclic) bond motifs is 1. The van der Waals surface area contributed by atoms with Gasteiger partial charge in [0.25, 0.3) is 0 Å². The van der Waals surface area contributed by atoms with Gasteiger partial charge in [0.15, 0.2) is 0 Å². The van der Waals surface area contributed by atoms with Crippen LogP contribution in [0.1, 0.15) is 23.6 Å². The van der Waals surface area contributed by atoms with E-state index < -0.39 is 0 Å². The van der Waals surface area contributed by atoms with Gasteiger partial charge >= 0.3 is 0 Å². The van der Waals surface area contributed by atoms with Crippen LogP contribution in [0.3, 0.4) is 0 Å². The molecular weight excluding hydrogens is 375 g/mol. The Kier molecular flexibility index (Phi) is 4.91. The topological polar surface area (TPSA) is 35.5 Å². The summed E-state index contributed by atoms with van der Waals surface area (Å²) in [6, 6.07) is 12.2. The fraction of sp³-hybridized carbons (Fsp3) is 0.368. The highest BCUT2D eigenvalue weighted by Gasteiger charge is 2.40. The molecule has 2 aliphatic rings. The first-order chi connectivity index (χ1) is 12.0. The summed E-state index contributed by atoms with van der Waals surface area (Å²) in [6.45, 7) is 1.61. The number of rotatable bonds is 3. The van der Waals surface area contributed by atoms with Gasteiger partial charge in [0.05, 0.1) is 12.1 Å². The molecule has 25 heavy (non-hydrogen) atoms. The minimum Gasteiger partial charge on any atom is -0.392 e. The molecule has 1 aliphatic carbocycles. The summed E-state index contributed by atoms with van der Waals surface area (Å²) in [4.78, 5) is 3.29. The molecule has 1 saturated heterocycles. The average Bonchev–Trinajstić information content (AvgIpc) is 3.14. The number of likely N-dealkylation sites (tertiary alicyclic amines) is 1. The van der Waals surface area contributed by atoms with Gasteiger partial charge in [-0.15, -0.1) is 12.6 Å². The van der Waals surface area contributed by atoms with Gasteiger partial charge in [0.1, 0.15) is 0 Å². The van der Waals surface area contributed by atoms with Gasteiger partial charge < -0.3 is 10.4 Å². The third-order valence-electron chi connectivity index (χ3n) is 5.18. The number of hydrogen-bond acceptors (Lipinski definition) is 4. The molecular formula is C19H20Cl2N2OS. The largest absolute Gasteiger partial charge is 0.392 e. The second-order valence-electron chi connectivity index (χ2n) is 6.83. The monoisotopic (exact) mass is 394 g/mol. The number of benzene rings is 2. The molecule has 4 rings (SSSR count). The average molecular weight is 395 g/mol. The lowest BCUT2D eigenvalue weighted by Crippen LogP contribution is -2.39. The third kappa shape index (κ3) is 3.51. The molecule has 0 radical (unpaired) electrons. The van der Waals surface area contributed by atoms with Crippen molar-refractivity contribution in [1.82, 2.24) is 4.90 Å². The van der Waals surface area contributed by atoms with E-state index in [0.717, 1.165) is 46.1 Å². The van der Waals surface area contributed by atoms with Crippen LogP contribution < -0.4 is 5.32 Å². The van der Waals surface area contributed by atoms with E-state index in [4.69, 9.17) is 23.2 Å². The van der Waals surface area contributed by atoms with Crippen molar-refractivity contribution < 1.29 is 5.11 Å². The Hall–Kier alpha value is -0.910. The lowest BCUT2D eigenvalue weighted by atomic mass is 10.1. The zero-order valence-corrected chi connectivity index (χ0v) is 16.0. The molecule has 3 atom stereocenters. The van der Waals surface area contributed by atoms with Crippen molar-refractivity contribution in [3.8, 4) is 0 Å². The van der Waals surface area contributed by atoms with Crippen molar-refractivity contribution in [1.29, 1.82) is 0 Å². The van der Waals surface area contributed by atoms with Gasteiger partial charge in [-0.1, -0.05) is 23.2 Å². The van der Waals surface area contributed by atoms with Gasteiger partial charge in [-0.3, -0.25) is 4.90 Å². The molecule has 3 unspecified atom stereocenters. The van der Waals surface area contributed by atoms with Gasteiger partial charge in [0.2, 0.25) is 0 Å². The third-order valence-corrected chi connectivity index (χ3v) is 6.03. The summed E-state index contributed by atoms with van der Waals surface area (Å²) in [5, 5.41) is 15.0. The predicted molar refractivity (Wildman–Crippen MR) is 106 cm³/mol. The maximum Gasteiger partial charge on any atom is 0.0679 e. The highest BCUT2D eigenvalue weighted by Crippen LogP contribution is 2.42. The fourth-order valence-corrected chi connectivity index (χ4v) is 4.71. The van der Waals surface area contributed by atoms with Crippen molar-refractivity contribution in [2.75, 3.05) is 18.4 Å². The van der Waals surface area contributed by atoms with Crippen LogP contribution in [0.25, 0.3) is 0 Å². The van der Waals surface area contributed by atoms with Crippen LogP contribution in [-0.4, -0.2) is 35.2 Å². The zero-order chi connectivity index (χ0) is 17.6. The Labute approximate surface area is 163 Å². The molecule has 132 valence electrons. The number of nitrogens with zero attached hydrogens (tertiary/aromatic N) is 1. The number of aliphatic hydroxyl groups is 1. The van der Waals surface area contributed by atoms with Crippen LogP contribution >= 0.6 is 35.8 Å². The molecule has 1 fully saturated rings. The quantitative estimate of drug-likeness (QED) is 0.673. The van der Waals surface area contributed by atoms with Crippen molar-refractivity contribution in [3.05, 3.63) is 57.6 Å². The summed E-state index contributed by atoms with van der Waals surface area (Å²) in [5.74, 6) is 0. The number of thiol groups is 1. The fourth-order valence-electron chi connectivity index (χ4n) is 3.97. The molecule has 0 spiro atoms. The molecule has 1 aliphatic heterocycles. The summed E-state index contributed by atoms with van der Waals surface area (Å²) < 4.78 is 0. The van der Waals surface area contributed by atoms with E-state index in [2.05, 4.69) is 22.8 Å². The summed E-state index contributed by atoms with van der Waals surface area (Å²) in [7, 11) is 0. The number of aliphatic hydroxyl groups excluding tert-OH is 1. The van der Waals surface area contributed by atoms with E-state index in [-0.39, 0.29) is 18.2 Å². The molecule has 3 nitrogen and oxygen atoms in total. The van der Waals surface area contributed by atoms with Crippen LogP contribution in [0.15, 0.2) is 41.3 Å². The van der Waals surface area contributed by atoms with Crippen LogP contribution in [-0.2, 0) is 6.42 Å². The minimum atomic E-state index is -0.244. The van der Waals surface area contributed by atoms with Crippen LogP contribution in [0.5, 0.6) is 0 Å². The lowest BCUT2D eigenvalue weighted by Gasteiger charge is -2.31. The minimum absolute atomic E-state index is 0.0854. The van der Waals surface area contributed by atoms with Gasteiger partial charge in [-0.05, 0) is 60.4 Å². The van der Waals surface area contributed by atoms with E-state index in [0.29, 0.717) is 11.6 Å². The number of halogens is 2. The Bertz CT molecular complexity index is 784. The molecule has 6 heteroatoms. The van der Waals surface area contributed by atoms with Crippen LogP contribution in [0, 0.1) is 0 Å². The normalized spacial score (nSPS) is 26.0. The molecule has 0 saturated carbocycles. The number of β-amino-alcohol motifs (C(OH)–C–C–N with tert-alkyl or cyclic N) is 1. The maximum absolute atomic E-state index is 9.96. The van der Waals surface area contributed by atoms with Gasteiger partial charge in [-0.2, -0.15) is 0 Å². The summed E-state index contributed by atoms with van der Waals surface area (Å²) >= 11 is 17.1. The van der Waals surface area contributed by atoms with E-state index in [9.17, 15) is 5.11 Å². The van der Waals surface area contributed by atoms with E-state index in [1.54, 1.807) is 0 Å². The smallest absolute Gasteiger partial charge is 0.0679 e. The molecule has 1 heterocycles. The zero-order valence-electron chi connectivity index (χ0n) is 13.6. The van der Waals surface area contributed by atoms with Crippen LogP contribution in [0.2, 0.25) is 10.0 Å². The number of anilines is 1. The molecule has 2 aromatic carbocycles. The Morgan fingerprint density at radius 2 is 1.92 bits per heavy atom. The van der Waals surface area contributed by atoms with Gasteiger partial charge in [-0.25, -0.2) is 0 Å². The summed E-state index contributed by atoms with van der Waals surface area (Å²) in [5.41, 5.74) is 3.34. The van der Waals surface area contributed by atoms with E-state index in [1.165, 1.54) is 0 Å². The molecule has 2 N–H and O–H groups in total. The first-order valence-corrected chi connectivity index (χ1v) is 9.67. The first-order valence-electron chi connectivity index (χ1n) is 8.47. The predicted octanol–water partition coefficient (Wildman–Crippen LogP) is 4.43. The van der Waals surface area contributed by atoms with E-state index in [1.807, 2.05) is 36.4 Å².